The molecule has 0 amide bonds. The first-order valence-corrected chi connectivity index (χ1v) is 12.1. The standard InChI is InChI=1S/C21H27N5O5S/c1-4-6-18-22-13(3)19-21(28)23-20(24-26(18)19)16-9-15(7-8-17(16)31-5-2)32(29,30)25-10-14(11-25)12-27/h7-9,14,27H,4-6,10-12H2,1-3H3,(H,23,24,28). The molecule has 0 aliphatic carbocycles. The minimum absolute atomic E-state index is 0.0455. The van der Waals surface area contributed by atoms with Gasteiger partial charge in [0.2, 0.25) is 10.0 Å². The summed E-state index contributed by atoms with van der Waals surface area (Å²) in [6, 6.07) is 4.53. The smallest absolute Gasteiger partial charge is 0.277 e. The fraction of sp³-hybridized carbons (Fsp3) is 0.476. The van der Waals surface area contributed by atoms with Gasteiger partial charge < -0.3 is 14.8 Å². The Hall–Kier alpha value is -2.76. The Labute approximate surface area is 185 Å². The maximum atomic E-state index is 13.0. The lowest BCUT2D eigenvalue weighted by Crippen LogP contribution is -2.51. The van der Waals surface area contributed by atoms with Gasteiger partial charge >= 0.3 is 0 Å². The van der Waals surface area contributed by atoms with Gasteiger partial charge in [0.25, 0.3) is 5.56 Å². The van der Waals surface area contributed by atoms with Gasteiger partial charge in [-0.3, -0.25) is 4.79 Å². The van der Waals surface area contributed by atoms with Crippen LogP contribution in [0.3, 0.4) is 0 Å². The summed E-state index contributed by atoms with van der Waals surface area (Å²) in [6.45, 7) is 6.47. The normalized spacial score (nSPS) is 15.2. The highest BCUT2D eigenvalue weighted by molar-refractivity contribution is 7.89. The molecule has 0 spiro atoms. The van der Waals surface area contributed by atoms with Crippen LogP contribution in [0, 0.1) is 12.8 Å². The third kappa shape index (κ3) is 3.80. The van der Waals surface area contributed by atoms with E-state index in [2.05, 4.69) is 15.1 Å². The van der Waals surface area contributed by atoms with E-state index in [0.29, 0.717) is 41.4 Å². The van der Waals surface area contributed by atoms with E-state index in [4.69, 9.17) is 4.74 Å². The highest BCUT2D eigenvalue weighted by atomic mass is 32.2. The van der Waals surface area contributed by atoms with Crippen molar-refractivity contribution in [3.05, 3.63) is 40.1 Å². The van der Waals surface area contributed by atoms with Crippen molar-refractivity contribution in [1.29, 1.82) is 0 Å². The Morgan fingerprint density at radius 2 is 2.03 bits per heavy atom. The quantitative estimate of drug-likeness (QED) is 0.518. The number of sulfonamides is 1. The molecule has 2 aromatic heterocycles. The van der Waals surface area contributed by atoms with Crippen molar-refractivity contribution < 1.29 is 18.3 Å². The van der Waals surface area contributed by atoms with Crippen LogP contribution < -0.4 is 10.3 Å². The van der Waals surface area contributed by atoms with Crippen molar-refractivity contribution in [3.8, 4) is 17.1 Å². The minimum atomic E-state index is -3.75. The first kappa shape index (κ1) is 22.4. The number of hydrogen-bond donors (Lipinski definition) is 2. The van der Waals surface area contributed by atoms with Gasteiger partial charge in [-0.15, -0.1) is 5.10 Å². The van der Waals surface area contributed by atoms with Crippen LogP contribution in [-0.4, -0.2) is 63.7 Å². The number of aromatic amines is 1. The van der Waals surface area contributed by atoms with Gasteiger partial charge in [0.15, 0.2) is 11.3 Å². The first-order valence-electron chi connectivity index (χ1n) is 10.7. The first-order chi connectivity index (χ1) is 15.3. The van der Waals surface area contributed by atoms with E-state index in [1.807, 2.05) is 13.8 Å². The highest BCUT2D eigenvalue weighted by Crippen LogP contribution is 2.33. The maximum absolute atomic E-state index is 13.0. The molecule has 2 N–H and O–H groups in total. The monoisotopic (exact) mass is 461 g/mol. The summed E-state index contributed by atoms with van der Waals surface area (Å²) in [4.78, 5) is 20.2. The Kier molecular flexibility index (Phi) is 6.06. The Morgan fingerprint density at radius 1 is 1.28 bits per heavy atom. The molecule has 1 saturated heterocycles. The minimum Gasteiger partial charge on any atom is -0.493 e. The van der Waals surface area contributed by atoms with Gasteiger partial charge in [0.05, 0.1) is 22.8 Å². The second kappa shape index (κ2) is 8.64. The molecule has 1 aliphatic rings. The summed E-state index contributed by atoms with van der Waals surface area (Å²) in [6.07, 6.45) is 1.49. The van der Waals surface area contributed by atoms with Crippen LogP contribution in [0.25, 0.3) is 16.9 Å². The van der Waals surface area contributed by atoms with Crippen molar-refractivity contribution in [3.63, 3.8) is 0 Å². The molecule has 10 nitrogen and oxygen atoms in total. The van der Waals surface area contributed by atoms with Gasteiger partial charge in [-0.2, -0.15) is 4.31 Å². The number of aliphatic hydroxyl groups is 1. The van der Waals surface area contributed by atoms with Crippen LogP contribution in [0.2, 0.25) is 0 Å². The largest absolute Gasteiger partial charge is 0.493 e. The summed E-state index contributed by atoms with van der Waals surface area (Å²) in [5.74, 6) is 1.24. The van der Waals surface area contributed by atoms with Gasteiger partial charge in [0, 0.05) is 32.0 Å². The van der Waals surface area contributed by atoms with Crippen LogP contribution in [0.15, 0.2) is 27.9 Å². The molecule has 1 aromatic carbocycles. The molecule has 3 heterocycles. The van der Waals surface area contributed by atoms with Gasteiger partial charge in [0.1, 0.15) is 11.6 Å². The van der Waals surface area contributed by atoms with Crippen LogP contribution in [0.4, 0.5) is 0 Å². The Bertz CT molecular complexity index is 1310. The number of aliphatic hydroxyl groups excluding tert-OH is 1. The third-order valence-electron chi connectivity index (χ3n) is 5.54. The lowest BCUT2D eigenvalue weighted by molar-refractivity contribution is 0.117. The van der Waals surface area contributed by atoms with Crippen LogP contribution in [0.1, 0.15) is 31.8 Å². The molecule has 4 rings (SSSR count). The summed E-state index contributed by atoms with van der Waals surface area (Å²) in [5, 5.41) is 13.8. The third-order valence-corrected chi connectivity index (χ3v) is 7.37. The highest BCUT2D eigenvalue weighted by Gasteiger charge is 2.36. The van der Waals surface area contributed by atoms with E-state index in [-0.39, 0.29) is 41.9 Å². The molecule has 172 valence electrons. The molecular weight excluding hydrogens is 434 g/mol. The molecule has 0 atom stereocenters. The number of aromatic nitrogens is 4. The molecular formula is C21H27N5O5S. The SMILES string of the molecule is CCCc1nc(C)c2c(=O)[nH]c(-c3cc(S(=O)(=O)N4CC(CO)C4)ccc3OCC)nn12. The van der Waals surface area contributed by atoms with Crippen molar-refractivity contribution in [2.24, 2.45) is 5.92 Å². The average Bonchev–Trinajstić information content (AvgIpc) is 3.03. The van der Waals surface area contributed by atoms with Gasteiger partial charge in [-0.1, -0.05) is 6.92 Å². The molecule has 1 aliphatic heterocycles. The molecule has 11 heteroatoms. The summed E-state index contributed by atoms with van der Waals surface area (Å²) in [7, 11) is -3.75. The molecule has 1 fully saturated rings. The summed E-state index contributed by atoms with van der Waals surface area (Å²) in [5.41, 5.74) is 0.979. The van der Waals surface area contributed by atoms with E-state index in [1.165, 1.54) is 21.0 Å². The number of nitrogens with one attached hydrogen (secondary N) is 1. The van der Waals surface area contributed by atoms with Crippen LogP contribution in [0.5, 0.6) is 5.75 Å². The molecule has 0 radical (unpaired) electrons. The average molecular weight is 462 g/mol. The number of fused-ring (bicyclic) bond motifs is 1. The molecule has 3 aromatic rings. The van der Waals surface area contributed by atoms with Crippen molar-refractivity contribution >= 4 is 15.5 Å². The van der Waals surface area contributed by atoms with E-state index < -0.39 is 10.0 Å². The number of benzene rings is 1. The van der Waals surface area contributed by atoms with Crippen molar-refractivity contribution in [2.45, 2.75) is 38.5 Å². The van der Waals surface area contributed by atoms with Crippen LogP contribution >= 0.6 is 0 Å². The number of rotatable bonds is 8. The van der Waals surface area contributed by atoms with Gasteiger partial charge in [-0.25, -0.2) is 17.9 Å². The molecule has 0 bridgehead atoms. The molecule has 32 heavy (non-hydrogen) atoms. The lowest BCUT2D eigenvalue weighted by atomic mass is 10.1. The summed E-state index contributed by atoms with van der Waals surface area (Å²) >= 11 is 0. The predicted molar refractivity (Wildman–Crippen MR) is 118 cm³/mol. The fourth-order valence-electron chi connectivity index (χ4n) is 3.86. The van der Waals surface area contributed by atoms with Crippen molar-refractivity contribution in [2.75, 3.05) is 26.3 Å². The summed E-state index contributed by atoms with van der Waals surface area (Å²) < 4.78 is 34.7. The second-order valence-corrected chi connectivity index (χ2v) is 9.83. The number of ether oxygens (including phenoxy) is 1. The lowest BCUT2D eigenvalue weighted by Gasteiger charge is -2.37. The van der Waals surface area contributed by atoms with E-state index in [1.54, 1.807) is 13.0 Å². The number of aryl methyl sites for hydroxylation is 2. The molecule has 0 saturated carbocycles. The zero-order chi connectivity index (χ0) is 23.0. The zero-order valence-electron chi connectivity index (χ0n) is 18.3. The van der Waals surface area contributed by atoms with E-state index in [0.717, 1.165) is 6.42 Å². The molecule has 0 unspecified atom stereocenters. The van der Waals surface area contributed by atoms with E-state index >= 15 is 0 Å². The van der Waals surface area contributed by atoms with E-state index in [9.17, 15) is 18.3 Å². The number of H-pyrrole nitrogens is 1. The number of nitrogens with zero attached hydrogens (tertiary/aromatic N) is 4. The van der Waals surface area contributed by atoms with Gasteiger partial charge in [-0.05, 0) is 38.5 Å². The fourth-order valence-corrected chi connectivity index (χ4v) is 5.48. The Balaban J connectivity index is 1.85. The Morgan fingerprint density at radius 3 is 2.69 bits per heavy atom. The number of imidazole rings is 1. The topological polar surface area (TPSA) is 130 Å². The zero-order valence-corrected chi connectivity index (χ0v) is 19.1. The van der Waals surface area contributed by atoms with Crippen molar-refractivity contribution in [1.82, 2.24) is 23.9 Å². The number of hydrogen-bond acceptors (Lipinski definition) is 7. The second-order valence-electron chi connectivity index (χ2n) is 7.89. The maximum Gasteiger partial charge on any atom is 0.277 e. The predicted octanol–water partition coefficient (Wildman–Crippen LogP) is 1.36. The van der Waals surface area contributed by atoms with Crippen LogP contribution in [-0.2, 0) is 16.4 Å².